The van der Waals surface area contributed by atoms with Crippen LogP contribution in [0.5, 0.6) is 0 Å². The molecule has 0 N–H and O–H groups in total. The number of hydrogen-bond acceptors (Lipinski definition) is 1. The molecular formula is C46H28O. The van der Waals surface area contributed by atoms with Crippen LogP contribution in [-0.4, -0.2) is 0 Å². The van der Waals surface area contributed by atoms with Gasteiger partial charge in [0.05, 0.1) is 0 Å². The van der Waals surface area contributed by atoms with Crippen molar-refractivity contribution in [3.8, 4) is 33.4 Å². The molecule has 0 amide bonds. The Morgan fingerprint density at radius 1 is 0.319 bits per heavy atom. The van der Waals surface area contributed by atoms with E-state index in [9.17, 15) is 0 Å². The van der Waals surface area contributed by atoms with E-state index in [0.717, 1.165) is 27.3 Å². The monoisotopic (exact) mass is 596 g/mol. The summed E-state index contributed by atoms with van der Waals surface area (Å²) in [6, 6.07) is 61.6. The van der Waals surface area contributed by atoms with Crippen LogP contribution in [0.3, 0.4) is 0 Å². The highest BCUT2D eigenvalue weighted by Gasteiger charge is 2.16. The van der Waals surface area contributed by atoms with Crippen molar-refractivity contribution in [2.45, 2.75) is 0 Å². The molecule has 0 spiro atoms. The Kier molecular flexibility index (Phi) is 5.64. The average Bonchev–Trinajstić information content (AvgIpc) is 3.54. The maximum atomic E-state index is 6.50. The van der Waals surface area contributed by atoms with Crippen LogP contribution >= 0.6 is 0 Å². The van der Waals surface area contributed by atoms with Crippen LogP contribution in [0, 0.1) is 0 Å². The topological polar surface area (TPSA) is 13.1 Å². The van der Waals surface area contributed by atoms with Gasteiger partial charge in [0.25, 0.3) is 0 Å². The van der Waals surface area contributed by atoms with Gasteiger partial charge in [0.1, 0.15) is 11.2 Å². The van der Waals surface area contributed by atoms with Crippen molar-refractivity contribution in [1.29, 1.82) is 0 Å². The van der Waals surface area contributed by atoms with Crippen LogP contribution < -0.4 is 0 Å². The zero-order valence-electron chi connectivity index (χ0n) is 25.6. The molecule has 218 valence electrons. The molecule has 0 radical (unpaired) electrons. The first kappa shape index (κ1) is 26.1. The number of benzene rings is 9. The van der Waals surface area contributed by atoms with Gasteiger partial charge in [-0.1, -0.05) is 140 Å². The molecule has 10 rings (SSSR count). The molecule has 0 aliphatic rings. The van der Waals surface area contributed by atoms with E-state index < -0.39 is 0 Å². The number of fused-ring (bicyclic) bond motifs is 9. The minimum absolute atomic E-state index is 0.914. The van der Waals surface area contributed by atoms with E-state index in [1.165, 1.54) is 71.1 Å². The van der Waals surface area contributed by atoms with E-state index in [2.05, 4.69) is 170 Å². The van der Waals surface area contributed by atoms with Gasteiger partial charge in [0.15, 0.2) is 0 Å². The Bertz CT molecular complexity index is 2850. The highest BCUT2D eigenvalue weighted by Crippen LogP contribution is 2.42. The highest BCUT2D eigenvalue weighted by atomic mass is 16.3. The first-order valence-electron chi connectivity index (χ1n) is 16.2. The average molecular weight is 597 g/mol. The highest BCUT2D eigenvalue weighted by molar-refractivity contribution is 6.21. The molecule has 1 heterocycles. The van der Waals surface area contributed by atoms with Gasteiger partial charge in [-0.3, -0.25) is 0 Å². The Balaban J connectivity index is 1.15. The molecule has 0 unspecified atom stereocenters. The van der Waals surface area contributed by atoms with E-state index in [0.29, 0.717) is 0 Å². The van der Waals surface area contributed by atoms with E-state index in [1.54, 1.807) is 0 Å². The molecule has 0 fully saturated rings. The van der Waals surface area contributed by atoms with Crippen molar-refractivity contribution in [2.24, 2.45) is 0 Å². The molecule has 1 nitrogen and oxygen atoms in total. The molecule has 47 heavy (non-hydrogen) atoms. The molecule has 0 aliphatic carbocycles. The van der Waals surface area contributed by atoms with Gasteiger partial charge in [-0.2, -0.15) is 0 Å². The maximum absolute atomic E-state index is 6.50. The van der Waals surface area contributed by atoms with Crippen molar-refractivity contribution in [3.05, 3.63) is 170 Å². The third-order valence-corrected chi connectivity index (χ3v) is 9.82. The van der Waals surface area contributed by atoms with Crippen molar-refractivity contribution in [3.63, 3.8) is 0 Å². The van der Waals surface area contributed by atoms with Crippen LogP contribution in [-0.2, 0) is 0 Å². The van der Waals surface area contributed by atoms with Gasteiger partial charge >= 0.3 is 0 Å². The molecule has 0 saturated heterocycles. The van der Waals surface area contributed by atoms with Crippen molar-refractivity contribution < 1.29 is 4.42 Å². The van der Waals surface area contributed by atoms with Crippen LogP contribution in [0.1, 0.15) is 0 Å². The van der Waals surface area contributed by atoms with Crippen molar-refractivity contribution in [1.82, 2.24) is 0 Å². The molecule has 0 atom stereocenters. The number of furan rings is 1. The Labute approximate surface area is 271 Å². The first-order valence-corrected chi connectivity index (χ1v) is 16.2. The second kappa shape index (κ2) is 10.2. The van der Waals surface area contributed by atoms with Crippen molar-refractivity contribution >= 4 is 65.0 Å². The second-order valence-electron chi connectivity index (χ2n) is 12.5. The second-order valence-corrected chi connectivity index (χ2v) is 12.5. The number of hydrogen-bond donors (Lipinski definition) is 0. The third-order valence-electron chi connectivity index (χ3n) is 9.82. The minimum Gasteiger partial charge on any atom is -0.455 e. The van der Waals surface area contributed by atoms with Gasteiger partial charge in [0, 0.05) is 16.2 Å². The summed E-state index contributed by atoms with van der Waals surface area (Å²) in [5, 5.41) is 12.3. The summed E-state index contributed by atoms with van der Waals surface area (Å²) in [5.41, 5.74) is 9.11. The Hall–Kier alpha value is -6.18. The summed E-state index contributed by atoms with van der Waals surface area (Å²) >= 11 is 0. The Morgan fingerprint density at radius 3 is 1.72 bits per heavy atom. The zero-order valence-corrected chi connectivity index (χ0v) is 25.6. The summed E-state index contributed by atoms with van der Waals surface area (Å²) in [6.45, 7) is 0. The number of rotatable bonds is 3. The third kappa shape index (κ3) is 4.03. The predicted octanol–water partition coefficient (Wildman–Crippen LogP) is 13.2. The fourth-order valence-electron chi connectivity index (χ4n) is 7.65. The van der Waals surface area contributed by atoms with Crippen LogP contribution in [0.2, 0.25) is 0 Å². The predicted molar refractivity (Wildman–Crippen MR) is 200 cm³/mol. The molecule has 0 aliphatic heterocycles. The molecule has 0 saturated carbocycles. The zero-order chi connectivity index (χ0) is 30.9. The molecule has 9 aromatic carbocycles. The molecule has 1 aromatic heterocycles. The SMILES string of the molecule is c1cc(-c2cccc(-c3cccc4oc5c6ccccc6ccc5c34)c2)cc(-c2c3ccccc3cc3c2ccc2ccccc23)c1. The van der Waals surface area contributed by atoms with Gasteiger partial charge in [0.2, 0.25) is 0 Å². The molecule has 10 aromatic rings. The van der Waals surface area contributed by atoms with Gasteiger partial charge in [-0.15, -0.1) is 0 Å². The summed E-state index contributed by atoms with van der Waals surface area (Å²) in [5.74, 6) is 0. The van der Waals surface area contributed by atoms with E-state index in [-0.39, 0.29) is 0 Å². The molecule has 1 heteroatoms. The van der Waals surface area contributed by atoms with Crippen molar-refractivity contribution in [2.75, 3.05) is 0 Å². The lowest BCUT2D eigenvalue weighted by molar-refractivity contribution is 0.673. The van der Waals surface area contributed by atoms with E-state index in [4.69, 9.17) is 4.42 Å². The normalized spacial score (nSPS) is 11.8. The summed E-state index contributed by atoms with van der Waals surface area (Å²) < 4.78 is 6.50. The standard InChI is InChI=1S/C46H28O/c1-4-17-36-29(10-1)22-24-40-42(36)28-34-12-3-5-18-37(34)44(40)35-16-8-14-32(27-35)31-13-7-15-33(26-31)38-20-9-21-43-45(38)41-25-23-30-11-2-6-19-39(30)46(41)47-43/h1-28H. The van der Waals surface area contributed by atoms with E-state index >= 15 is 0 Å². The van der Waals surface area contributed by atoms with Gasteiger partial charge < -0.3 is 4.42 Å². The fraction of sp³-hybridized carbons (Fsp3) is 0. The minimum atomic E-state index is 0.914. The quantitative estimate of drug-likeness (QED) is 0.146. The van der Waals surface area contributed by atoms with Gasteiger partial charge in [-0.25, -0.2) is 0 Å². The smallest absolute Gasteiger partial charge is 0.143 e. The van der Waals surface area contributed by atoms with Gasteiger partial charge in [-0.05, 0) is 101 Å². The maximum Gasteiger partial charge on any atom is 0.143 e. The van der Waals surface area contributed by atoms with E-state index in [1.807, 2.05) is 0 Å². The summed E-state index contributed by atoms with van der Waals surface area (Å²) in [7, 11) is 0. The summed E-state index contributed by atoms with van der Waals surface area (Å²) in [4.78, 5) is 0. The van der Waals surface area contributed by atoms with Crippen LogP contribution in [0.4, 0.5) is 0 Å². The Morgan fingerprint density at radius 2 is 0.915 bits per heavy atom. The lowest BCUT2D eigenvalue weighted by atomic mass is 9.88. The summed E-state index contributed by atoms with van der Waals surface area (Å²) in [6.07, 6.45) is 0. The van der Waals surface area contributed by atoms with Crippen LogP contribution in [0.15, 0.2) is 174 Å². The largest absolute Gasteiger partial charge is 0.455 e. The fourth-order valence-corrected chi connectivity index (χ4v) is 7.65. The lowest BCUT2D eigenvalue weighted by Gasteiger charge is -2.15. The van der Waals surface area contributed by atoms with Crippen LogP contribution in [0.25, 0.3) is 98.4 Å². The lowest BCUT2D eigenvalue weighted by Crippen LogP contribution is -1.88. The molecule has 0 bridgehead atoms. The first-order chi connectivity index (χ1) is 23.3. The molecular weight excluding hydrogens is 569 g/mol.